The molecule has 0 unspecified atom stereocenters. The summed E-state index contributed by atoms with van der Waals surface area (Å²) >= 11 is 0. The normalized spacial score (nSPS) is 11.8. The standard InChI is InChI=1S/C15H22Si/c1-15(2,3)12-9-13-16(4,5)14-10-7-6-8-11-14/h6-8,10-11H,13H2,1-5H3. The van der Waals surface area contributed by atoms with Crippen LogP contribution in [0.3, 0.4) is 0 Å². The molecule has 86 valence electrons. The molecule has 0 nitrogen and oxygen atoms in total. The van der Waals surface area contributed by atoms with E-state index < -0.39 is 8.07 Å². The average Bonchev–Trinajstić information content (AvgIpc) is 2.17. The lowest BCUT2D eigenvalue weighted by molar-refractivity contribution is 0.570. The Balaban J connectivity index is 2.76. The Hall–Kier alpha value is -1.00. The fraction of sp³-hybridized carbons (Fsp3) is 0.467. The van der Waals surface area contributed by atoms with E-state index in [0.29, 0.717) is 0 Å². The molecule has 0 aromatic heterocycles. The fourth-order valence-electron chi connectivity index (χ4n) is 1.52. The number of hydrogen-bond donors (Lipinski definition) is 0. The summed E-state index contributed by atoms with van der Waals surface area (Å²) in [5.74, 6) is 6.71. The van der Waals surface area contributed by atoms with Crippen molar-refractivity contribution in [1.29, 1.82) is 0 Å². The summed E-state index contributed by atoms with van der Waals surface area (Å²) in [5.41, 5.74) is 0.126. The summed E-state index contributed by atoms with van der Waals surface area (Å²) in [5, 5.41) is 1.50. The van der Waals surface area contributed by atoms with E-state index in [1.807, 2.05) is 0 Å². The van der Waals surface area contributed by atoms with Crippen molar-refractivity contribution in [2.45, 2.75) is 39.9 Å². The SMILES string of the molecule is CC(C)(C)C#CC[Si](C)(C)c1ccccc1. The Kier molecular flexibility index (Phi) is 3.99. The van der Waals surface area contributed by atoms with Gasteiger partial charge in [-0.1, -0.05) is 54.5 Å². The van der Waals surface area contributed by atoms with Crippen LogP contribution < -0.4 is 5.19 Å². The lowest BCUT2D eigenvalue weighted by Gasteiger charge is -2.20. The third-order valence-corrected chi connectivity index (χ3v) is 5.51. The van der Waals surface area contributed by atoms with Gasteiger partial charge in [0.25, 0.3) is 0 Å². The molecule has 0 saturated carbocycles. The second-order valence-corrected chi connectivity index (χ2v) is 10.7. The minimum Gasteiger partial charge on any atom is -0.105 e. The van der Waals surface area contributed by atoms with Gasteiger partial charge in [-0.2, -0.15) is 0 Å². The van der Waals surface area contributed by atoms with Crippen LogP contribution in [0, 0.1) is 17.3 Å². The molecule has 1 heteroatoms. The van der Waals surface area contributed by atoms with Crippen LogP contribution in [0.15, 0.2) is 30.3 Å². The van der Waals surface area contributed by atoms with Crippen LogP contribution in [-0.4, -0.2) is 8.07 Å². The highest BCUT2D eigenvalue weighted by Gasteiger charge is 2.21. The molecule has 1 aromatic carbocycles. The van der Waals surface area contributed by atoms with Gasteiger partial charge in [0.05, 0.1) is 8.07 Å². The van der Waals surface area contributed by atoms with E-state index in [2.05, 4.69) is 76.0 Å². The zero-order valence-electron chi connectivity index (χ0n) is 11.1. The van der Waals surface area contributed by atoms with Gasteiger partial charge in [-0.05, 0) is 20.8 Å². The number of rotatable bonds is 2. The molecule has 1 aromatic rings. The summed E-state index contributed by atoms with van der Waals surface area (Å²) in [6.45, 7) is 11.3. The van der Waals surface area contributed by atoms with E-state index >= 15 is 0 Å². The highest BCUT2D eigenvalue weighted by Crippen LogP contribution is 2.13. The van der Waals surface area contributed by atoms with Gasteiger partial charge >= 0.3 is 0 Å². The fourth-order valence-corrected chi connectivity index (χ4v) is 3.35. The van der Waals surface area contributed by atoms with E-state index in [1.165, 1.54) is 5.19 Å². The van der Waals surface area contributed by atoms with Crippen molar-refractivity contribution < 1.29 is 0 Å². The molecule has 0 saturated heterocycles. The highest BCUT2D eigenvalue weighted by molar-refractivity contribution is 6.90. The largest absolute Gasteiger partial charge is 0.105 e. The van der Waals surface area contributed by atoms with Crippen LogP contribution >= 0.6 is 0 Å². The van der Waals surface area contributed by atoms with Crippen LogP contribution in [-0.2, 0) is 0 Å². The molecule has 0 amide bonds. The first-order valence-corrected chi connectivity index (χ1v) is 9.07. The summed E-state index contributed by atoms with van der Waals surface area (Å²) < 4.78 is 0. The molecule has 0 heterocycles. The van der Waals surface area contributed by atoms with Crippen LogP contribution in [0.4, 0.5) is 0 Å². The van der Waals surface area contributed by atoms with Crippen molar-refractivity contribution in [3.8, 4) is 11.8 Å². The third-order valence-electron chi connectivity index (χ3n) is 2.55. The van der Waals surface area contributed by atoms with E-state index in [-0.39, 0.29) is 5.41 Å². The Morgan fingerprint density at radius 1 is 1.06 bits per heavy atom. The zero-order valence-corrected chi connectivity index (χ0v) is 12.1. The molecular formula is C15H22Si. The Bertz CT molecular complexity index is 385. The maximum absolute atomic E-state index is 3.38. The second kappa shape index (κ2) is 4.89. The lowest BCUT2D eigenvalue weighted by Crippen LogP contribution is -2.40. The second-order valence-electron chi connectivity index (χ2n) is 5.98. The van der Waals surface area contributed by atoms with Crippen molar-refractivity contribution in [1.82, 2.24) is 0 Å². The lowest BCUT2D eigenvalue weighted by atomic mass is 9.98. The van der Waals surface area contributed by atoms with Crippen LogP contribution in [0.2, 0.25) is 19.1 Å². The quantitative estimate of drug-likeness (QED) is 0.537. The molecule has 0 radical (unpaired) electrons. The maximum atomic E-state index is 3.38. The Morgan fingerprint density at radius 3 is 2.12 bits per heavy atom. The summed E-state index contributed by atoms with van der Waals surface area (Å²) in [7, 11) is -1.35. The van der Waals surface area contributed by atoms with Gasteiger partial charge in [-0.25, -0.2) is 0 Å². The van der Waals surface area contributed by atoms with Crippen LogP contribution in [0.25, 0.3) is 0 Å². The zero-order chi connectivity index (χ0) is 12.2. The molecular weight excluding hydrogens is 208 g/mol. The predicted molar refractivity (Wildman–Crippen MR) is 75.6 cm³/mol. The summed E-state index contributed by atoms with van der Waals surface area (Å²) in [6, 6.07) is 11.9. The van der Waals surface area contributed by atoms with Gasteiger partial charge in [-0.15, -0.1) is 5.92 Å². The smallest absolute Gasteiger partial charge is 0.0926 e. The molecule has 16 heavy (non-hydrogen) atoms. The molecule has 0 spiro atoms. The molecule has 0 bridgehead atoms. The Morgan fingerprint density at radius 2 is 1.62 bits per heavy atom. The summed E-state index contributed by atoms with van der Waals surface area (Å²) in [4.78, 5) is 0. The van der Waals surface area contributed by atoms with Crippen molar-refractivity contribution in [2.24, 2.45) is 5.41 Å². The average molecular weight is 230 g/mol. The molecule has 0 fully saturated rings. The van der Waals surface area contributed by atoms with E-state index in [1.54, 1.807) is 0 Å². The molecule has 0 aliphatic rings. The first-order chi connectivity index (χ1) is 7.31. The predicted octanol–water partition coefficient (Wildman–Crippen LogP) is 3.65. The van der Waals surface area contributed by atoms with Crippen LogP contribution in [0.1, 0.15) is 20.8 Å². The van der Waals surface area contributed by atoms with Crippen molar-refractivity contribution in [3.63, 3.8) is 0 Å². The number of hydrogen-bond acceptors (Lipinski definition) is 0. The van der Waals surface area contributed by atoms with Gasteiger partial charge < -0.3 is 0 Å². The van der Waals surface area contributed by atoms with Crippen LogP contribution in [0.5, 0.6) is 0 Å². The first-order valence-electron chi connectivity index (χ1n) is 5.87. The maximum Gasteiger partial charge on any atom is 0.0926 e. The third kappa shape index (κ3) is 4.24. The molecule has 0 N–H and O–H groups in total. The molecule has 0 aliphatic heterocycles. The minimum atomic E-state index is -1.35. The monoisotopic (exact) mass is 230 g/mol. The van der Waals surface area contributed by atoms with Gasteiger partial charge in [0.2, 0.25) is 0 Å². The topological polar surface area (TPSA) is 0 Å². The van der Waals surface area contributed by atoms with Gasteiger partial charge in [0.1, 0.15) is 0 Å². The number of benzene rings is 1. The van der Waals surface area contributed by atoms with Gasteiger partial charge in [-0.3, -0.25) is 0 Å². The van der Waals surface area contributed by atoms with Gasteiger partial charge in [0.15, 0.2) is 0 Å². The van der Waals surface area contributed by atoms with Crippen molar-refractivity contribution in [3.05, 3.63) is 30.3 Å². The minimum absolute atomic E-state index is 0.126. The van der Waals surface area contributed by atoms with E-state index in [9.17, 15) is 0 Å². The molecule has 1 rings (SSSR count). The Labute approximate surface area is 101 Å². The van der Waals surface area contributed by atoms with Crippen molar-refractivity contribution in [2.75, 3.05) is 0 Å². The van der Waals surface area contributed by atoms with Gasteiger partial charge in [0, 0.05) is 11.5 Å². The highest BCUT2D eigenvalue weighted by atomic mass is 28.3. The summed E-state index contributed by atoms with van der Waals surface area (Å²) in [6.07, 6.45) is 0. The first kappa shape index (κ1) is 13.1. The van der Waals surface area contributed by atoms with Crippen molar-refractivity contribution >= 4 is 13.3 Å². The van der Waals surface area contributed by atoms with E-state index in [4.69, 9.17) is 0 Å². The van der Waals surface area contributed by atoms with E-state index in [0.717, 1.165) is 6.04 Å². The molecule has 0 aliphatic carbocycles. The molecule has 0 atom stereocenters.